The number of ether oxygens (including phenoxy) is 2. The molecule has 1 aromatic heterocycles. The van der Waals surface area contributed by atoms with Gasteiger partial charge in [0.2, 0.25) is 0 Å². The van der Waals surface area contributed by atoms with Crippen molar-refractivity contribution in [3.63, 3.8) is 0 Å². The largest absolute Gasteiger partial charge is 0.494 e. The lowest BCUT2D eigenvalue weighted by Gasteiger charge is -2.38. The van der Waals surface area contributed by atoms with Crippen LogP contribution in [0, 0.1) is 10.1 Å². The summed E-state index contributed by atoms with van der Waals surface area (Å²) in [4.78, 5) is 29.8. The molecule has 1 aliphatic rings. The van der Waals surface area contributed by atoms with Crippen molar-refractivity contribution in [2.24, 2.45) is 0 Å². The van der Waals surface area contributed by atoms with Crippen LogP contribution in [-0.4, -0.2) is 41.3 Å². The summed E-state index contributed by atoms with van der Waals surface area (Å²) in [6.45, 7) is 4.26. The monoisotopic (exact) mass is 424 g/mol. The summed E-state index contributed by atoms with van der Waals surface area (Å²) < 4.78 is 11.1. The molecule has 2 N–H and O–H groups in total. The van der Waals surface area contributed by atoms with E-state index in [1.54, 1.807) is 6.07 Å². The number of H-pyrrole nitrogens is 1. The summed E-state index contributed by atoms with van der Waals surface area (Å²) in [5.74, 6) is 0.808. The van der Waals surface area contributed by atoms with Gasteiger partial charge in [0.05, 0.1) is 28.8 Å². The van der Waals surface area contributed by atoms with E-state index in [9.17, 15) is 14.9 Å². The highest BCUT2D eigenvalue weighted by atomic mass is 16.6. The van der Waals surface area contributed by atoms with Gasteiger partial charge < -0.3 is 19.8 Å². The maximum atomic E-state index is 12.0. The van der Waals surface area contributed by atoms with Crippen LogP contribution in [0.5, 0.6) is 5.75 Å². The van der Waals surface area contributed by atoms with Gasteiger partial charge in [0.15, 0.2) is 0 Å². The van der Waals surface area contributed by atoms with Crippen molar-refractivity contribution in [1.29, 1.82) is 0 Å². The predicted octanol–water partition coefficient (Wildman–Crippen LogP) is 3.39. The molecule has 0 atom stereocenters. The summed E-state index contributed by atoms with van der Waals surface area (Å²) in [7, 11) is 0. The molecule has 2 aromatic carbocycles. The van der Waals surface area contributed by atoms with Crippen molar-refractivity contribution in [3.8, 4) is 5.75 Å². The number of nitrogens with one attached hydrogen (secondary N) is 2. The lowest BCUT2D eigenvalue weighted by Crippen LogP contribution is -2.40. The Morgan fingerprint density at radius 2 is 2.00 bits per heavy atom. The number of nitro groups is 1. The quantitative estimate of drug-likeness (QED) is 0.441. The third-order valence-electron chi connectivity index (χ3n) is 5.80. The number of aromatic nitrogens is 2. The van der Waals surface area contributed by atoms with Gasteiger partial charge in [-0.2, -0.15) is 0 Å². The average molecular weight is 424 g/mol. The van der Waals surface area contributed by atoms with Gasteiger partial charge >= 0.3 is 0 Å². The molecule has 3 aromatic rings. The maximum absolute atomic E-state index is 12.0. The lowest BCUT2D eigenvalue weighted by molar-refractivity contribution is -0.383. The number of anilines is 1. The van der Waals surface area contributed by atoms with Crippen LogP contribution in [-0.2, 0) is 10.2 Å². The van der Waals surface area contributed by atoms with Gasteiger partial charge in [-0.1, -0.05) is 12.1 Å². The number of nitrogens with zero attached hydrogens (tertiary/aromatic N) is 2. The third-order valence-corrected chi connectivity index (χ3v) is 5.80. The number of rotatable bonds is 7. The van der Waals surface area contributed by atoms with Gasteiger partial charge in [-0.15, -0.1) is 0 Å². The molecule has 9 heteroatoms. The van der Waals surface area contributed by atoms with E-state index in [1.165, 1.54) is 12.4 Å². The molecule has 4 rings (SSSR count). The molecule has 0 amide bonds. The minimum atomic E-state index is -0.484. The summed E-state index contributed by atoms with van der Waals surface area (Å²) in [5.41, 5.74) is 1.07. The second kappa shape index (κ2) is 8.73. The van der Waals surface area contributed by atoms with Crippen LogP contribution in [0.2, 0.25) is 0 Å². The van der Waals surface area contributed by atoms with E-state index >= 15 is 0 Å². The highest BCUT2D eigenvalue weighted by Crippen LogP contribution is 2.37. The fourth-order valence-electron chi connectivity index (χ4n) is 4.06. The molecule has 0 bridgehead atoms. The van der Waals surface area contributed by atoms with Gasteiger partial charge in [-0.05, 0) is 43.5 Å². The average Bonchev–Trinajstić information content (AvgIpc) is 2.78. The highest BCUT2D eigenvalue weighted by Gasteiger charge is 2.35. The summed E-state index contributed by atoms with van der Waals surface area (Å²) in [6, 6.07) is 10.8. The lowest BCUT2D eigenvalue weighted by atomic mass is 9.74. The first-order valence-corrected chi connectivity index (χ1v) is 10.2. The first-order chi connectivity index (χ1) is 15.0. The van der Waals surface area contributed by atoms with E-state index in [2.05, 4.69) is 15.3 Å². The van der Waals surface area contributed by atoms with E-state index in [1.807, 2.05) is 31.2 Å². The zero-order valence-electron chi connectivity index (χ0n) is 17.2. The molecular weight excluding hydrogens is 400 g/mol. The van der Waals surface area contributed by atoms with Gasteiger partial charge in [0.1, 0.15) is 11.4 Å². The first kappa shape index (κ1) is 20.8. The number of nitro benzene ring substituents is 1. The fraction of sp³-hybridized carbons (Fsp3) is 0.364. The van der Waals surface area contributed by atoms with Crippen LogP contribution < -0.4 is 15.6 Å². The molecule has 31 heavy (non-hydrogen) atoms. The van der Waals surface area contributed by atoms with Gasteiger partial charge in [0.25, 0.3) is 11.2 Å². The Bertz CT molecular complexity index is 1140. The molecule has 0 unspecified atom stereocenters. The van der Waals surface area contributed by atoms with Crippen molar-refractivity contribution >= 4 is 22.3 Å². The maximum Gasteiger partial charge on any atom is 0.293 e. The summed E-state index contributed by atoms with van der Waals surface area (Å²) in [5, 5.41) is 15.1. The second-order valence-electron chi connectivity index (χ2n) is 7.58. The van der Waals surface area contributed by atoms with E-state index in [4.69, 9.17) is 9.47 Å². The molecule has 0 aliphatic carbocycles. The van der Waals surface area contributed by atoms with E-state index in [-0.39, 0.29) is 16.5 Å². The third kappa shape index (κ3) is 4.22. The predicted molar refractivity (Wildman–Crippen MR) is 117 cm³/mol. The zero-order chi connectivity index (χ0) is 21.8. The molecule has 162 valence electrons. The topological polar surface area (TPSA) is 119 Å². The van der Waals surface area contributed by atoms with E-state index < -0.39 is 10.5 Å². The van der Waals surface area contributed by atoms with Crippen LogP contribution in [0.4, 0.5) is 11.4 Å². The normalized spacial score (nSPS) is 15.5. The van der Waals surface area contributed by atoms with Gasteiger partial charge in [-0.25, -0.2) is 4.98 Å². The fourth-order valence-corrected chi connectivity index (χ4v) is 4.06. The van der Waals surface area contributed by atoms with E-state index in [0.29, 0.717) is 37.6 Å². The van der Waals surface area contributed by atoms with Crippen molar-refractivity contribution in [1.82, 2.24) is 9.97 Å². The van der Waals surface area contributed by atoms with Crippen LogP contribution in [0.1, 0.15) is 25.3 Å². The van der Waals surface area contributed by atoms with Crippen molar-refractivity contribution in [2.75, 3.05) is 31.7 Å². The Balaban J connectivity index is 1.67. The smallest absolute Gasteiger partial charge is 0.293 e. The van der Waals surface area contributed by atoms with Crippen LogP contribution >= 0.6 is 0 Å². The number of aromatic amines is 1. The minimum Gasteiger partial charge on any atom is -0.494 e. The Kier molecular flexibility index (Phi) is 5.85. The number of fused-ring (bicyclic) bond motifs is 1. The van der Waals surface area contributed by atoms with Crippen molar-refractivity contribution < 1.29 is 14.4 Å². The van der Waals surface area contributed by atoms with Gasteiger partial charge in [-0.3, -0.25) is 14.9 Å². The molecule has 9 nitrogen and oxygen atoms in total. The SMILES string of the molecule is CCOc1ccc(C2(CNc3cc4nc[nH]c(=O)c4cc3[N+](=O)[O-])CCOCC2)cc1. The first-order valence-electron chi connectivity index (χ1n) is 10.2. The summed E-state index contributed by atoms with van der Waals surface area (Å²) in [6.07, 6.45) is 2.86. The van der Waals surface area contributed by atoms with Crippen molar-refractivity contribution in [3.05, 3.63) is 68.8 Å². The zero-order valence-corrected chi connectivity index (χ0v) is 17.2. The summed E-state index contributed by atoms with van der Waals surface area (Å²) >= 11 is 0. The molecule has 1 saturated heterocycles. The molecule has 0 saturated carbocycles. The Morgan fingerprint density at radius 3 is 2.68 bits per heavy atom. The van der Waals surface area contributed by atoms with Crippen molar-refractivity contribution in [2.45, 2.75) is 25.2 Å². The molecule has 0 spiro atoms. The number of hydrogen-bond acceptors (Lipinski definition) is 7. The number of benzene rings is 2. The van der Waals surface area contributed by atoms with Crippen LogP contribution in [0.3, 0.4) is 0 Å². The Hall–Kier alpha value is -3.46. The van der Waals surface area contributed by atoms with Crippen LogP contribution in [0.15, 0.2) is 47.5 Å². The second-order valence-corrected chi connectivity index (χ2v) is 7.58. The molecule has 1 fully saturated rings. The highest BCUT2D eigenvalue weighted by molar-refractivity contribution is 5.86. The Labute approximate surface area is 178 Å². The Morgan fingerprint density at radius 1 is 1.26 bits per heavy atom. The van der Waals surface area contributed by atoms with Crippen LogP contribution in [0.25, 0.3) is 10.9 Å². The van der Waals surface area contributed by atoms with Gasteiger partial charge in [0, 0.05) is 31.2 Å². The van der Waals surface area contributed by atoms with E-state index in [0.717, 1.165) is 24.2 Å². The molecule has 1 aliphatic heterocycles. The standard InChI is InChI=1S/C22H24N4O5/c1-2-31-16-5-3-15(4-6-16)22(7-9-30-10-8-22)13-23-19-12-18-17(11-20(19)26(28)29)21(27)25-14-24-18/h3-6,11-12,14,23H,2,7-10,13H2,1H3,(H,24,25,27). The molecular formula is C22H24N4O5. The molecule has 2 heterocycles. The molecule has 0 radical (unpaired) electrons. The number of hydrogen-bond donors (Lipinski definition) is 2. The minimum absolute atomic E-state index is 0.153.